The smallest absolute Gasteiger partial charge is 0.416 e. The first-order valence-corrected chi connectivity index (χ1v) is 8.78. The summed E-state index contributed by atoms with van der Waals surface area (Å²) in [5.74, 6) is -0.0448. The van der Waals surface area contributed by atoms with Gasteiger partial charge in [-0.3, -0.25) is 15.6 Å². The van der Waals surface area contributed by atoms with Crippen LogP contribution < -0.4 is 20.9 Å². The molecular weight excluding hydrogens is 377 g/mol. The summed E-state index contributed by atoms with van der Waals surface area (Å²) in [5.41, 5.74) is 5.50. The van der Waals surface area contributed by atoms with Crippen molar-refractivity contribution in [1.29, 1.82) is 0 Å². The van der Waals surface area contributed by atoms with Crippen molar-refractivity contribution in [2.45, 2.75) is 38.7 Å². The van der Waals surface area contributed by atoms with Crippen LogP contribution in [0, 0.1) is 5.92 Å². The van der Waals surface area contributed by atoms with Crippen molar-refractivity contribution in [1.82, 2.24) is 21.2 Å². The van der Waals surface area contributed by atoms with Crippen molar-refractivity contribution in [3.63, 3.8) is 0 Å². The summed E-state index contributed by atoms with van der Waals surface area (Å²) in [6.07, 6.45) is -3.26. The second-order valence-corrected chi connectivity index (χ2v) is 6.68. The molecule has 152 valence electrons. The molecule has 1 aliphatic heterocycles. The van der Waals surface area contributed by atoms with Crippen LogP contribution in [0.1, 0.15) is 35.8 Å². The van der Waals surface area contributed by atoms with Crippen molar-refractivity contribution < 1.29 is 27.1 Å². The lowest BCUT2D eigenvalue weighted by Crippen LogP contribution is -2.37. The highest BCUT2D eigenvalue weighted by Crippen LogP contribution is 2.31. The van der Waals surface area contributed by atoms with Crippen molar-refractivity contribution in [3.8, 4) is 5.75 Å². The first-order chi connectivity index (χ1) is 13.2. The molecule has 1 aromatic heterocycles. The summed E-state index contributed by atoms with van der Waals surface area (Å²) >= 11 is 0. The number of hydrazine groups is 1. The Morgan fingerprint density at radius 3 is 2.68 bits per heavy atom. The lowest BCUT2D eigenvalue weighted by Gasteiger charge is -2.17. The number of oxazole rings is 1. The first-order valence-electron chi connectivity index (χ1n) is 8.78. The van der Waals surface area contributed by atoms with E-state index in [4.69, 9.17) is 9.15 Å². The van der Waals surface area contributed by atoms with E-state index in [2.05, 4.69) is 21.2 Å². The van der Waals surface area contributed by atoms with E-state index in [1.54, 1.807) is 0 Å². The highest BCUT2D eigenvalue weighted by Gasteiger charge is 2.31. The Labute approximate surface area is 159 Å². The second kappa shape index (κ2) is 8.19. The molecule has 28 heavy (non-hydrogen) atoms. The highest BCUT2D eigenvalue weighted by molar-refractivity contribution is 5.91. The van der Waals surface area contributed by atoms with Gasteiger partial charge in [-0.2, -0.15) is 13.2 Å². The van der Waals surface area contributed by atoms with Gasteiger partial charge in [0.2, 0.25) is 5.89 Å². The van der Waals surface area contributed by atoms with Gasteiger partial charge >= 0.3 is 6.18 Å². The van der Waals surface area contributed by atoms with Crippen LogP contribution in [-0.2, 0) is 12.8 Å². The highest BCUT2D eigenvalue weighted by atomic mass is 19.4. The van der Waals surface area contributed by atoms with Gasteiger partial charge in [0.25, 0.3) is 5.91 Å². The number of alkyl halides is 3. The average molecular weight is 398 g/mol. The predicted molar refractivity (Wildman–Crippen MR) is 93.3 cm³/mol. The largest absolute Gasteiger partial charge is 0.484 e. The maximum Gasteiger partial charge on any atom is 0.416 e. The molecule has 1 aromatic carbocycles. The SMILES string of the molecule is CC1NNC(C)C1CNC(=O)c1coc(COc2cccc(C(F)(F)F)c2)n1. The van der Waals surface area contributed by atoms with E-state index in [0.29, 0.717) is 6.54 Å². The van der Waals surface area contributed by atoms with E-state index in [1.807, 2.05) is 13.8 Å². The number of carbonyl (C=O) groups is 1. The molecule has 10 heteroatoms. The molecule has 3 N–H and O–H groups in total. The Kier molecular flexibility index (Phi) is 5.90. The molecule has 0 aliphatic carbocycles. The van der Waals surface area contributed by atoms with Gasteiger partial charge in [-0.25, -0.2) is 4.98 Å². The fourth-order valence-corrected chi connectivity index (χ4v) is 2.95. The topological polar surface area (TPSA) is 88.4 Å². The fraction of sp³-hybridized carbons (Fsp3) is 0.444. The molecule has 3 rings (SSSR count). The molecule has 1 saturated heterocycles. The third-order valence-electron chi connectivity index (χ3n) is 4.63. The van der Waals surface area contributed by atoms with Gasteiger partial charge in [-0.1, -0.05) is 6.07 Å². The monoisotopic (exact) mass is 398 g/mol. The third kappa shape index (κ3) is 4.82. The van der Waals surface area contributed by atoms with Crippen molar-refractivity contribution in [2.24, 2.45) is 5.92 Å². The Morgan fingerprint density at radius 2 is 2.00 bits per heavy atom. The lowest BCUT2D eigenvalue weighted by molar-refractivity contribution is -0.137. The molecular formula is C18H21F3N4O3. The maximum atomic E-state index is 12.7. The molecule has 1 amide bonds. The molecule has 1 fully saturated rings. The molecule has 0 radical (unpaired) electrons. The number of amides is 1. The first kappa shape index (κ1) is 20.2. The molecule has 7 nitrogen and oxygen atoms in total. The summed E-state index contributed by atoms with van der Waals surface area (Å²) in [6, 6.07) is 4.92. The molecule has 2 unspecified atom stereocenters. The Hall–Kier alpha value is -2.59. The van der Waals surface area contributed by atoms with Gasteiger partial charge in [0.1, 0.15) is 12.0 Å². The van der Waals surface area contributed by atoms with Crippen LogP contribution in [-0.4, -0.2) is 29.5 Å². The van der Waals surface area contributed by atoms with Crippen LogP contribution >= 0.6 is 0 Å². The van der Waals surface area contributed by atoms with Crippen LogP contribution in [0.5, 0.6) is 5.75 Å². The zero-order chi connectivity index (χ0) is 20.3. The summed E-state index contributed by atoms with van der Waals surface area (Å²) < 4.78 is 48.6. The van der Waals surface area contributed by atoms with Gasteiger partial charge in [0.15, 0.2) is 12.3 Å². The zero-order valence-electron chi connectivity index (χ0n) is 15.3. The Balaban J connectivity index is 1.53. The minimum atomic E-state index is -4.45. The third-order valence-corrected chi connectivity index (χ3v) is 4.63. The Bertz CT molecular complexity index is 814. The van der Waals surface area contributed by atoms with Crippen molar-refractivity contribution in [2.75, 3.05) is 6.54 Å². The summed E-state index contributed by atoms with van der Waals surface area (Å²) in [6.45, 7) is 4.31. The van der Waals surface area contributed by atoms with Gasteiger partial charge in [0, 0.05) is 24.5 Å². The number of rotatable bonds is 6. The predicted octanol–water partition coefficient (Wildman–Crippen LogP) is 2.50. The van der Waals surface area contributed by atoms with Crippen molar-refractivity contribution >= 4 is 5.91 Å². The molecule has 0 spiro atoms. The lowest BCUT2D eigenvalue weighted by atomic mass is 9.97. The van der Waals surface area contributed by atoms with Crippen LogP contribution in [0.2, 0.25) is 0 Å². The average Bonchev–Trinajstić information content (AvgIpc) is 3.25. The maximum absolute atomic E-state index is 12.7. The minimum Gasteiger partial charge on any atom is -0.484 e. The molecule has 2 heterocycles. The van der Waals surface area contributed by atoms with Crippen molar-refractivity contribution in [3.05, 3.63) is 47.7 Å². The van der Waals surface area contributed by atoms with Gasteiger partial charge in [-0.05, 0) is 32.0 Å². The van der Waals surface area contributed by atoms with E-state index in [9.17, 15) is 18.0 Å². The molecule has 1 aliphatic rings. The number of carbonyl (C=O) groups excluding carboxylic acids is 1. The quantitative estimate of drug-likeness (QED) is 0.693. The number of aromatic nitrogens is 1. The summed E-state index contributed by atoms with van der Waals surface area (Å²) in [4.78, 5) is 16.2. The van der Waals surface area contributed by atoms with E-state index in [0.717, 1.165) is 12.1 Å². The molecule has 2 atom stereocenters. The number of halogens is 3. The number of ether oxygens (including phenoxy) is 1. The van der Waals surface area contributed by atoms with Gasteiger partial charge in [0.05, 0.1) is 5.56 Å². The fourth-order valence-electron chi connectivity index (χ4n) is 2.95. The summed E-state index contributed by atoms with van der Waals surface area (Å²) in [5, 5.41) is 2.81. The molecule has 0 bridgehead atoms. The normalized spacial score (nSPS) is 22.2. The van der Waals surface area contributed by atoms with Gasteiger partial charge in [-0.15, -0.1) is 0 Å². The van der Waals surface area contributed by atoms with E-state index in [1.165, 1.54) is 18.4 Å². The number of nitrogens with zero attached hydrogens (tertiary/aromatic N) is 1. The number of nitrogens with one attached hydrogen (secondary N) is 3. The molecule has 2 aromatic rings. The number of hydrogen-bond donors (Lipinski definition) is 3. The second-order valence-electron chi connectivity index (χ2n) is 6.68. The van der Waals surface area contributed by atoms with E-state index in [-0.39, 0.29) is 47.8 Å². The van der Waals surface area contributed by atoms with Crippen LogP contribution in [0.3, 0.4) is 0 Å². The Morgan fingerprint density at radius 1 is 1.29 bits per heavy atom. The van der Waals surface area contributed by atoms with E-state index >= 15 is 0 Å². The van der Waals surface area contributed by atoms with Crippen LogP contribution in [0.25, 0.3) is 0 Å². The minimum absolute atomic E-state index is 0.0308. The molecule has 0 saturated carbocycles. The number of hydrogen-bond acceptors (Lipinski definition) is 6. The van der Waals surface area contributed by atoms with Crippen LogP contribution in [0.4, 0.5) is 13.2 Å². The standard InChI is InChI=1S/C18H21F3N4O3/c1-10-14(11(2)25-24-10)7-22-17(26)15-8-28-16(23-15)9-27-13-5-3-4-12(6-13)18(19,20)21/h3-6,8,10-11,14,24-25H,7,9H2,1-2H3,(H,22,26). The van der Waals surface area contributed by atoms with Gasteiger partial charge < -0.3 is 14.5 Å². The summed E-state index contributed by atoms with van der Waals surface area (Å²) in [7, 11) is 0. The number of benzene rings is 1. The van der Waals surface area contributed by atoms with E-state index < -0.39 is 11.7 Å². The van der Waals surface area contributed by atoms with Crippen LogP contribution in [0.15, 0.2) is 34.9 Å². The zero-order valence-corrected chi connectivity index (χ0v) is 15.3.